The van der Waals surface area contributed by atoms with Crippen molar-refractivity contribution >= 4 is 0 Å². The van der Waals surface area contributed by atoms with Gasteiger partial charge < -0.3 is 10.1 Å². The first-order chi connectivity index (χ1) is 10.1. The van der Waals surface area contributed by atoms with E-state index in [4.69, 9.17) is 4.74 Å². The summed E-state index contributed by atoms with van der Waals surface area (Å²) in [5.74, 6) is 2.61. The number of nitrogens with one attached hydrogen (secondary N) is 1. The Morgan fingerprint density at radius 1 is 1.00 bits per heavy atom. The molecule has 0 aliphatic heterocycles. The van der Waals surface area contributed by atoms with E-state index in [2.05, 4.69) is 33.0 Å². The van der Waals surface area contributed by atoms with Gasteiger partial charge in [-0.15, -0.1) is 0 Å². The number of hydrogen-bond donors (Lipinski definition) is 1. The molecule has 2 heteroatoms. The minimum atomic E-state index is 0.128. The molecule has 2 rings (SSSR count). The van der Waals surface area contributed by atoms with E-state index in [1.165, 1.54) is 51.4 Å². The molecular formula is C19H37NO. The molecule has 1 N–H and O–H groups in total. The first-order valence-electron chi connectivity index (χ1n) is 9.45. The Kier molecular flexibility index (Phi) is 6.55. The van der Waals surface area contributed by atoms with Crippen LogP contribution in [0.3, 0.4) is 0 Å². The molecule has 124 valence electrons. The summed E-state index contributed by atoms with van der Waals surface area (Å²) in [7, 11) is 0. The van der Waals surface area contributed by atoms with Crippen LogP contribution in [-0.2, 0) is 4.74 Å². The van der Waals surface area contributed by atoms with Crippen molar-refractivity contribution in [2.24, 2.45) is 17.8 Å². The maximum absolute atomic E-state index is 6.79. The third-order valence-electron chi connectivity index (χ3n) is 5.84. The smallest absolute Gasteiger partial charge is 0.0810 e. The number of rotatable bonds is 6. The zero-order valence-corrected chi connectivity index (χ0v) is 14.8. The van der Waals surface area contributed by atoms with Crippen LogP contribution < -0.4 is 5.32 Å². The zero-order chi connectivity index (χ0) is 15.3. The van der Waals surface area contributed by atoms with Gasteiger partial charge in [-0.1, -0.05) is 34.1 Å². The van der Waals surface area contributed by atoms with Crippen LogP contribution in [0.1, 0.15) is 79.1 Å². The monoisotopic (exact) mass is 295 g/mol. The van der Waals surface area contributed by atoms with Gasteiger partial charge in [0, 0.05) is 6.54 Å². The molecule has 2 unspecified atom stereocenters. The largest absolute Gasteiger partial charge is 0.370 e. The predicted octanol–water partition coefficient (Wildman–Crippen LogP) is 4.78. The maximum Gasteiger partial charge on any atom is 0.0810 e. The predicted molar refractivity (Wildman–Crippen MR) is 90.6 cm³/mol. The normalized spacial score (nSPS) is 41.1. The lowest BCUT2D eigenvalue weighted by Gasteiger charge is -2.44. The average molecular weight is 296 g/mol. The molecule has 0 saturated heterocycles. The van der Waals surface area contributed by atoms with Gasteiger partial charge in [0.15, 0.2) is 0 Å². The molecule has 21 heavy (non-hydrogen) atoms. The first kappa shape index (κ1) is 17.3. The van der Waals surface area contributed by atoms with Gasteiger partial charge in [-0.2, -0.15) is 0 Å². The van der Waals surface area contributed by atoms with E-state index in [9.17, 15) is 0 Å². The summed E-state index contributed by atoms with van der Waals surface area (Å²) in [4.78, 5) is 0. The Morgan fingerprint density at radius 3 is 2.14 bits per heavy atom. The second-order valence-corrected chi connectivity index (χ2v) is 7.97. The molecule has 0 radical (unpaired) electrons. The van der Waals surface area contributed by atoms with Crippen LogP contribution in [0.2, 0.25) is 0 Å². The molecule has 0 aromatic rings. The molecule has 2 atom stereocenters. The Balaban J connectivity index is 1.96. The van der Waals surface area contributed by atoms with Crippen LogP contribution in [0.5, 0.6) is 0 Å². The number of likely N-dealkylation sites (N-methyl/N-ethyl adjacent to an activating group) is 1. The molecule has 2 aliphatic rings. The summed E-state index contributed by atoms with van der Waals surface area (Å²) in [5.41, 5.74) is 0.128. The molecule has 0 heterocycles. The highest BCUT2D eigenvalue weighted by atomic mass is 16.5. The summed E-state index contributed by atoms with van der Waals surface area (Å²) in [6, 6.07) is 0. The summed E-state index contributed by atoms with van der Waals surface area (Å²) < 4.78 is 6.79. The second-order valence-electron chi connectivity index (χ2n) is 7.97. The first-order valence-corrected chi connectivity index (χ1v) is 9.45. The number of hydrogen-bond acceptors (Lipinski definition) is 2. The molecule has 0 bridgehead atoms. The molecule has 2 aliphatic carbocycles. The Labute approximate surface area is 132 Å². The quantitative estimate of drug-likeness (QED) is 0.761. The minimum absolute atomic E-state index is 0.128. The van der Waals surface area contributed by atoms with Crippen molar-refractivity contribution in [3.63, 3.8) is 0 Å². The lowest BCUT2D eigenvalue weighted by atomic mass is 9.76. The van der Waals surface area contributed by atoms with Gasteiger partial charge in [0.1, 0.15) is 0 Å². The van der Waals surface area contributed by atoms with Gasteiger partial charge in [-0.25, -0.2) is 0 Å². The van der Waals surface area contributed by atoms with Crippen LogP contribution in [0, 0.1) is 17.8 Å². The zero-order valence-electron chi connectivity index (χ0n) is 14.8. The fourth-order valence-electron chi connectivity index (χ4n) is 4.62. The van der Waals surface area contributed by atoms with E-state index in [-0.39, 0.29) is 5.60 Å². The fraction of sp³-hybridized carbons (Fsp3) is 1.00. The minimum Gasteiger partial charge on any atom is -0.370 e. The third-order valence-corrected chi connectivity index (χ3v) is 5.84. The van der Waals surface area contributed by atoms with Gasteiger partial charge in [0.25, 0.3) is 0 Å². The van der Waals surface area contributed by atoms with Gasteiger partial charge >= 0.3 is 0 Å². The van der Waals surface area contributed by atoms with Gasteiger partial charge in [0.05, 0.1) is 11.7 Å². The summed E-state index contributed by atoms with van der Waals surface area (Å²) in [6.45, 7) is 11.5. The maximum atomic E-state index is 6.79. The van der Waals surface area contributed by atoms with Crippen LogP contribution in [0.4, 0.5) is 0 Å². The fourth-order valence-corrected chi connectivity index (χ4v) is 4.62. The number of ether oxygens (including phenoxy) is 1. The molecule has 2 saturated carbocycles. The highest BCUT2D eigenvalue weighted by Gasteiger charge is 2.39. The van der Waals surface area contributed by atoms with E-state index in [0.717, 1.165) is 30.8 Å². The van der Waals surface area contributed by atoms with E-state index >= 15 is 0 Å². The Morgan fingerprint density at radius 2 is 1.62 bits per heavy atom. The standard InChI is InChI=1S/C19H37NO/c1-5-17-7-9-19(10-8-17,14-20-6-2)21-18-12-15(3)11-16(4)13-18/h15-18,20H,5-14H2,1-4H3. The topological polar surface area (TPSA) is 21.3 Å². The molecule has 0 amide bonds. The summed E-state index contributed by atoms with van der Waals surface area (Å²) >= 11 is 0. The lowest BCUT2D eigenvalue weighted by Crippen LogP contribution is -2.49. The van der Waals surface area contributed by atoms with Crippen molar-refractivity contribution in [3.05, 3.63) is 0 Å². The third kappa shape index (κ3) is 4.96. The van der Waals surface area contributed by atoms with Gasteiger partial charge in [0.2, 0.25) is 0 Å². The van der Waals surface area contributed by atoms with Crippen LogP contribution in [0.25, 0.3) is 0 Å². The Bertz CT molecular complexity index is 286. The molecule has 0 aromatic carbocycles. The molecule has 2 fully saturated rings. The second kappa shape index (κ2) is 7.97. The van der Waals surface area contributed by atoms with Crippen LogP contribution in [-0.4, -0.2) is 24.8 Å². The molecule has 0 aromatic heterocycles. The lowest BCUT2D eigenvalue weighted by molar-refractivity contribution is -0.136. The molecule has 0 spiro atoms. The van der Waals surface area contributed by atoms with Crippen molar-refractivity contribution in [3.8, 4) is 0 Å². The molecular weight excluding hydrogens is 258 g/mol. The average Bonchev–Trinajstić information content (AvgIpc) is 2.45. The van der Waals surface area contributed by atoms with E-state index < -0.39 is 0 Å². The van der Waals surface area contributed by atoms with Crippen molar-refractivity contribution < 1.29 is 4.74 Å². The Hall–Kier alpha value is -0.0800. The van der Waals surface area contributed by atoms with Crippen molar-refractivity contribution in [2.45, 2.75) is 90.8 Å². The van der Waals surface area contributed by atoms with Crippen molar-refractivity contribution in [1.29, 1.82) is 0 Å². The highest BCUT2D eigenvalue weighted by molar-refractivity contribution is 4.91. The summed E-state index contributed by atoms with van der Waals surface area (Å²) in [6.07, 6.45) is 11.0. The van der Waals surface area contributed by atoms with E-state index in [0.29, 0.717) is 6.10 Å². The van der Waals surface area contributed by atoms with Crippen LogP contribution >= 0.6 is 0 Å². The summed E-state index contributed by atoms with van der Waals surface area (Å²) in [5, 5.41) is 3.58. The molecule has 2 nitrogen and oxygen atoms in total. The SMILES string of the molecule is CCNCC1(OC2CC(C)CC(C)C2)CCC(CC)CC1. The van der Waals surface area contributed by atoms with Crippen LogP contribution in [0.15, 0.2) is 0 Å². The highest BCUT2D eigenvalue weighted by Crippen LogP contribution is 2.40. The van der Waals surface area contributed by atoms with Gasteiger partial charge in [-0.05, 0) is 69.2 Å². The van der Waals surface area contributed by atoms with Crippen molar-refractivity contribution in [2.75, 3.05) is 13.1 Å². The van der Waals surface area contributed by atoms with E-state index in [1.807, 2.05) is 0 Å². The van der Waals surface area contributed by atoms with E-state index in [1.54, 1.807) is 0 Å². The van der Waals surface area contributed by atoms with Crippen molar-refractivity contribution in [1.82, 2.24) is 5.32 Å². The van der Waals surface area contributed by atoms with Gasteiger partial charge in [-0.3, -0.25) is 0 Å².